The first-order valence-electron chi connectivity index (χ1n) is 6.64. The Kier molecular flexibility index (Phi) is 5.25. The van der Waals surface area contributed by atoms with Gasteiger partial charge in [-0.05, 0) is 24.6 Å². The molecule has 2 rings (SSSR count). The molecule has 1 aliphatic rings. The van der Waals surface area contributed by atoms with Crippen LogP contribution >= 0.6 is 11.6 Å². The fourth-order valence-electron chi connectivity index (χ4n) is 2.08. The van der Waals surface area contributed by atoms with Gasteiger partial charge in [0.05, 0.1) is 18.1 Å². The summed E-state index contributed by atoms with van der Waals surface area (Å²) in [6, 6.07) is 5.66. The van der Waals surface area contributed by atoms with E-state index >= 15 is 0 Å². The third-order valence-corrected chi connectivity index (χ3v) is 5.09. The van der Waals surface area contributed by atoms with Gasteiger partial charge in [0.25, 0.3) is 0 Å². The molecule has 1 atom stereocenters. The second-order valence-electron chi connectivity index (χ2n) is 4.99. The molecule has 0 radical (unpaired) electrons. The molecule has 0 unspecified atom stereocenters. The Labute approximate surface area is 133 Å². The Balaban J connectivity index is 1.73. The number of amides is 3. The van der Waals surface area contributed by atoms with E-state index < -0.39 is 27.8 Å². The maximum atomic E-state index is 11.7. The summed E-state index contributed by atoms with van der Waals surface area (Å²) in [4.78, 5) is 23.3. The number of urea groups is 1. The molecule has 3 amide bonds. The summed E-state index contributed by atoms with van der Waals surface area (Å²) in [7, 11) is -3.05. The van der Waals surface area contributed by atoms with Gasteiger partial charge in [-0.25, -0.2) is 13.2 Å². The normalized spacial score (nSPS) is 19.4. The zero-order valence-electron chi connectivity index (χ0n) is 11.6. The predicted octanol–water partition coefficient (Wildman–Crippen LogP) is 0.765. The molecule has 1 aliphatic heterocycles. The van der Waals surface area contributed by atoms with Crippen LogP contribution in [0.3, 0.4) is 0 Å². The molecule has 1 fully saturated rings. The lowest BCUT2D eigenvalue weighted by Gasteiger charge is -2.12. The van der Waals surface area contributed by atoms with Crippen LogP contribution < -0.4 is 16.0 Å². The second-order valence-corrected chi connectivity index (χ2v) is 7.65. The van der Waals surface area contributed by atoms with Crippen molar-refractivity contribution in [1.82, 2.24) is 10.6 Å². The van der Waals surface area contributed by atoms with Crippen LogP contribution in [-0.4, -0.2) is 44.4 Å². The number of carbonyl (C=O) groups excluding carboxylic acids is 2. The molecule has 1 heterocycles. The number of nitrogens with one attached hydrogen (secondary N) is 3. The molecule has 0 saturated carbocycles. The topological polar surface area (TPSA) is 104 Å². The first-order valence-corrected chi connectivity index (χ1v) is 8.84. The van der Waals surface area contributed by atoms with Crippen LogP contribution in [0.5, 0.6) is 0 Å². The van der Waals surface area contributed by atoms with Crippen LogP contribution in [0, 0.1) is 0 Å². The molecule has 7 nitrogen and oxygen atoms in total. The molecule has 0 aliphatic carbocycles. The lowest BCUT2D eigenvalue weighted by Crippen LogP contribution is -2.45. The van der Waals surface area contributed by atoms with Gasteiger partial charge in [-0.1, -0.05) is 17.7 Å². The van der Waals surface area contributed by atoms with Gasteiger partial charge in [0.1, 0.15) is 0 Å². The van der Waals surface area contributed by atoms with E-state index in [0.29, 0.717) is 17.1 Å². The van der Waals surface area contributed by atoms with Gasteiger partial charge in [-0.15, -0.1) is 0 Å². The van der Waals surface area contributed by atoms with Crippen molar-refractivity contribution in [3.8, 4) is 0 Å². The van der Waals surface area contributed by atoms with Crippen molar-refractivity contribution in [1.29, 1.82) is 0 Å². The molecule has 0 bridgehead atoms. The van der Waals surface area contributed by atoms with E-state index in [1.165, 1.54) is 0 Å². The Bertz CT molecular complexity index is 678. The van der Waals surface area contributed by atoms with E-state index in [2.05, 4.69) is 16.0 Å². The summed E-state index contributed by atoms with van der Waals surface area (Å²) in [5.41, 5.74) is 0.529. The maximum Gasteiger partial charge on any atom is 0.315 e. The van der Waals surface area contributed by atoms with Crippen molar-refractivity contribution in [3.63, 3.8) is 0 Å². The quantitative estimate of drug-likeness (QED) is 0.749. The van der Waals surface area contributed by atoms with Gasteiger partial charge in [0, 0.05) is 16.8 Å². The van der Waals surface area contributed by atoms with Gasteiger partial charge >= 0.3 is 6.03 Å². The average Bonchev–Trinajstić information content (AvgIpc) is 2.75. The van der Waals surface area contributed by atoms with E-state index in [4.69, 9.17) is 11.6 Å². The largest absolute Gasteiger partial charge is 0.334 e. The molecule has 0 spiro atoms. The molecular weight excluding hydrogens is 330 g/mol. The van der Waals surface area contributed by atoms with Crippen LogP contribution in [-0.2, 0) is 14.6 Å². The first kappa shape index (κ1) is 16.6. The van der Waals surface area contributed by atoms with Crippen molar-refractivity contribution in [2.75, 3.05) is 23.4 Å². The maximum absolute atomic E-state index is 11.7. The second kappa shape index (κ2) is 6.97. The van der Waals surface area contributed by atoms with E-state index in [1.807, 2.05) is 0 Å². The van der Waals surface area contributed by atoms with Gasteiger partial charge in [0.2, 0.25) is 5.91 Å². The number of anilines is 1. The zero-order chi connectivity index (χ0) is 16.2. The summed E-state index contributed by atoms with van der Waals surface area (Å²) >= 11 is 5.79. The van der Waals surface area contributed by atoms with E-state index in [-0.39, 0.29) is 18.1 Å². The third kappa shape index (κ3) is 5.19. The van der Waals surface area contributed by atoms with Crippen LogP contribution in [0.15, 0.2) is 24.3 Å². The zero-order valence-corrected chi connectivity index (χ0v) is 13.2. The highest BCUT2D eigenvalue weighted by atomic mass is 35.5. The fraction of sp³-hybridized carbons (Fsp3) is 0.385. The minimum atomic E-state index is -3.05. The van der Waals surface area contributed by atoms with Crippen molar-refractivity contribution in [2.24, 2.45) is 0 Å². The lowest BCUT2D eigenvalue weighted by atomic mass is 10.3. The molecule has 1 aromatic carbocycles. The molecule has 3 N–H and O–H groups in total. The van der Waals surface area contributed by atoms with Gasteiger partial charge in [-0.3, -0.25) is 4.79 Å². The minimum absolute atomic E-state index is 0.0604. The minimum Gasteiger partial charge on any atom is -0.334 e. The van der Waals surface area contributed by atoms with Crippen molar-refractivity contribution >= 4 is 39.1 Å². The number of hydrogen-bond acceptors (Lipinski definition) is 4. The van der Waals surface area contributed by atoms with Crippen LogP contribution in [0.4, 0.5) is 10.5 Å². The Morgan fingerprint density at radius 2 is 2.09 bits per heavy atom. The summed E-state index contributed by atoms with van der Waals surface area (Å²) < 4.78 is 22.5. The summed E-state index contributed by atoms with van der Waals surface area (Å²) in [6.07, 6.45) is 0.393. The Hall–Kier alpha value is -1.80. The number of carbonyl (C=O) groups is 2. The molecule has 120 valence electrons. The van der Waals surface area contributed by atoms with Gasteiger partial charge < -0.3 is 16.0 Å². The van der Waals surface area contributed by atoms with Crippen LogP contribution in [0.1, 0.15) is 6.42 Å². The molecule has 9 heteroatoms. The summed E-state index contributed by atoms with van der Waals surface area (Å²) in [5.74, 6) is -0.390. The monoisotopic (exact) mass is 345 g/mol. The van der Waals surface area contributed by atoms with Gasteiger partial charge in [0.15, 0.2) is 9.84 Å². The predicted molar refractivity (Wildman–Crippen MR) is 83.7 cm³/mol. The Morgan fingerprint density at radius 1 is 1.32 bits per heavy atom. The standard InChI is InChI=1S/C13H16ClN3O4S/c14-9-2-1-3-10(6-9)16-12(18)7-15-13(19)17-11-4-5-22(20,21)8-11/h1-3,6,11H,4-5,7-8H2,(H,16,18)(H2,15,17,19)/t11-/m1/s1. The molecule has 0 aromatic heterocycles. The van der Waals surface area contributed by atoms with E-state index in [9.17, 15) is 18.0 Å². The number of hydrogen-bond donors (Lipinski definition) is 3. The van der Waals surface area contributed by atoms with E-state index in [0.717, 1.165) is 0 Å². The number of benzene rings is 1. The van der Waals surface area contributed by atoms with Gasteiger partial charge in [-0.2, -0.15) is 0 Å². The van der Waals surface area contributed by atoms with E-state index in [1.54, 1.807) is 24.3 Å². The van der Waals surface area contributed by atoms with Crippen LogP contribution in [0.2, 0.25) is 5.02 Å². The smallest absolute Gasteiger partial charge is 0.315 e. The molecule has 22 heavy (non-hydrogen) atoms. The molecular formula is C13H16ClN3O4S. The highest BCUT2D eigenvalue weighted by molar-refractivity contribution is 7.91. The van der Waals surface area contributed by atoms with Crippen molar-refractivity contribution in [3.05, 3.63) is 29.3 Å². The van der Waals surface area contributed by atoms with Crippen molar-refractivity contribution in [2.45, 2.75) is 12.5 Å². The lowest BCUT2D eigenvalue weighted by molar-refractivity contribution is -0.115. The third-order valence-electron chi connectivity index (χ3n) is 3.09. The number of sulfone groups is 1. The van der Waals surface area contributed by atoms with Crippen molar-refractivity contribution < 1.29 is 18.0 Å². The number of rotatable bonds is 4. The summed E-state index contributed by atoms with van der Waals surface area (Å²) in [6.45, 7) is -0.224. The highest BCUT2D eigenvalue weighted by Crippen LogP contribution is 2.14. The average molecular weight is 346 g/mol. The first-order chi connectivity index (χ1) is 10.3. The molecule has 1 aromatic rings. The highest BCUT2D eigenvalue weighted by Gasteiger charge is 2.28. The van der Waals surface area contributed by atoms with Crippen LogP contribution in [0.25, 0.3) is 0 Å². The fourth-order valence-corrected chi connectivity index (χ4v) is 3.94. The summed E-state index contributed by atoms with van der Waals surface area (Å²) in [5, 5.41) is 7.99. The SMILES string of the molecule is O=C(CNC(=O)N[C@@H]1CCS(=O)(=O)C1)Nc1cccc(Cl)c1. The molecule has 1 saturated heterocycles. The number of halogens is 1. The Morgan fingerprint density at radius 3 is 2.73 bits per heavy atom.